The van der Waals surface area contributed by atoms with Crippen molar-refractivity contribution in [3.05, 3.63) is 88.9 Å². The van der Waals surface area contributed by atoms with Crippen LogP contribution in [0.1, 0.15) is 24.1 Å². The average Bonchev–Trinajstić information content (AvgIpc) is 2.75. The zero-order chi connectivity index (χ0) is 20.6. The van der Waals surface area contributed by atoms with E-state index in [2.05, 4.69) is 17.6 Å². The first kappa shape index (κ1) is 20.2. The van der Waals surface area contributed by atoms with E-state index in [9.17, 15) is 4.79 Å². The maximum atomic E-state index is 12.2. The maximum Gasteiger partial charge on any atom is 0.262 e. The van der Waals surface area contributed by atoms with E-state index in [4.69, 9.17) is 21.6 Å². The van der Waals surface area contributed by atoms with Gasteiger partial charge in [-0.05, 0) is 42.8 Å². The van der Waals surface area contributed by atoms with Crippen LogP contribution in [-0.2, 0) is 4.79 Å². The molecule has 1 atom stereocenters. The summed E-state index contributed by atoms with van der Waals surface area (Å²) < 4.78 is 5.44. The standard InChI is InChI=1S/C23H20ClN3O2/c1-16(17-7-3-2-4-8-17)26-21-12-11-19(13-20(21)24)27-23(28)15-29-22-10-6-5-9-18(22)14-25/h2-13,16,26H,15H2,1H3,(H,27,28). The molecule has 3 rings (SSSR count). The number of hydrogen-bond acceptors (Lipinski definition) is 4. The first-order valence-corrected chi connectivity index (χ1v) is 9.47. The second-order valence-electron chi connectivity index (χ2n) is 6.42. The van der Waals surface area contributed by atoms with Crippen LogP contribution in [-0.4, -0.2) is 12.5 Å². The second kappa shape index (κ2) is 9.63. The number of amides is 1. The third-order valence-electron chi connectivity index (χ3n) is 4.29. The highest BCUT2D eigenvalue weighted by atomic mass is 35.5. The highest BCUT2D eigenvalue weighted by Gasteiger charge is 2.10. The van der Waals surface area contributed by atoms with Gasteiger partial charge >= 0.3 is 0 Å². The van der Waals surface area contributed by atoms with Gasteiger partial charge < -0.3 is 15.4 Å². The van der Waals surface area contributed by atoms with Gasteiger partial charge in [-0.25, -0.2) is 0 Å². The molecular formula is C23H20ClN3O2. The molecule has 0 aliphatic heterocycles. The fourth-order valence-corrected chi connectivity index (χ4v) is 3.03. The molecule has 0 saturated heterocycles. The van der Waals surface area contributed by atoms with Crippen LogP contribution in [0, 0.1) is 11.3 Å². The van der Waals surface area contributed by atoms with Gasteiger partial charge in [-0.15, -0.1) is 0 Å². The number of benzene rings is 3. The van der Waals surface area contributed by atoms with Gasteiger partial charge in [0, 0.05) is 11.7 Å². The van der Waals surface area contributed by atoms with E-state index in [0.29, 0.717) is 22.0 Å². The highest BCUT2D eigenvalue weighted by Crippen LogP contribution is 2.29. The lowest BCUT2D eigenvalue weighted by atomic mass is 10.1. The third-order valence-corrected chi connectivity index (χ3v) is 4.60. The molecule has 146 valence electrons. The molecule has 1 unspecified atom stereocenters. The van der Waals surface area contributed by atoms with Gasteiger partial charge in [-0.2, -0.15) is 5.26 Å². The SMILES string of the molecule is CC(Nc1ccc(NC(=O)COc2ccccc2C#N)cc1Cl)c1ccccc1. The molecule has 6 heteroatoms. The van der Waals surface area contributed by atoms with Crippen molar-refractivity contribution in [2.24, 2.45) is 0 Å². The van der Waals surface area contributed by atoms with Crippen molar-refractivity contribution in [3.8, 4) is 11.8 Å². The number of hydrogen-bond donors (Lipinski definition) is 2. The summed E-state index contributed by atoms with van der Waals surface area (Å²) in [4.78, 5) is 12.2. The van der Waals surface area contributed by atoms with E-state index in [-0.39, 0.29) is 18.6 Å². The summed E-state index contributed by atoms with van der Waals surface area (Å²) in [5.41, 5.74) is 2.87. The zero-order valence-electron chi connectivity index (χ0n) is 15.9. The summed E-state index contributed by atoms with van der Waals surface area (Å²) in [5.74, 6) is 0.0322. The summed E-state index contributed by atoms with van der Waals surface area (Å²) in [5, 5.41) is 15.7. The Labute approximate surface area is 174 Å². The molecular weight excluding hydrogens is 386 g/mol. The molecule has 3 aromatic carbocycles. The lowest BCUT2D eigenvalue weighted by Crippen LogP contribution is -2.20. The minimum atomic E-state index is -0.341. The fraction of sp³-hybridized carbons (Fsp3) is 0.130. The average molecular weight is 406 g/mol. The fourth-order valence-electron chi connectivity index (χ4n) is 2.79. The number of halogens is 1. The Hall–Kier alpha value is -3.49. The van der Waals surface area contributed by atoms with E-state index >= 15 is 0 Å². The zero-order valence-corrected chi connectivity index (χ0v) is 16.6. The summed E-state index contributed by atoms with van der Waals surface area (Å²) >= 11 is 6.38. The number of nitrogens with zero attached hydrogens (tertiary/aromatic N) is 1. The minimum Gasteiger partial charge on any atom is -0.482 e. The minimum absolute atomic E-state index is 0.0859. The van der Waals surface area contributed by atoms with Crippen LogP contribution in [0.4, 0.5) is 11.4 Å². The maximum absolute atomic E-state index is 12.2. The van der Waals surface area contributed by atoms with Crippen LogP contribution < -0.4 is 15.4 Å². The van der Waals surface area contributed by atoms with E-state index in [1.54, 1.807) is 36.4 Å². The Balaban J connectivity index is 1.58. The highest BCUT2D eigenvalue weighted by molar-refractivity contribution is 6.33. The predicted octanol–water partition coefficient (Wildman–Crippen LogP) is 5.40. The van der Waals surface area contributed by atoms with E-state index < -0.39 is 0 Å². The van der Waals surface area contributed by atoms with Crippen LogP contribution in [0.5, 0.6) is 5.75 Å². The van der Waals surface area contributed by atoms with Crippen molar-refractivity contribution in [2.75, 3.05) is 17.2 Å². The normalized spacial score (nSPS) is 11.2. The van der Waals surface area contributed by atoms with Crippen LogP contribution in [0.15, 0.2) is 72.8 Å². The van der Waals surface area contributed by atoms with Crippen LogP contribution >= 0.6 is 11.6 Å². The Morgan fingerprint density at radius 2 is 1.83 bits per heavy atom. The van der Waals surface area contributed by atoms with Crippen molar-refractivity contribution in [3.63, 3.8) is 0 Å². The van der Waals surface area contributed by atoms with Crippen molar-refractivity contribution in [1.82, 2.24) is 0 Å². The van der Waals surface area contributed by atoms with Gasteiger partial charge in [0.15, 0.2) is 6.61 Å². The number of anilines is 2. The van der Waals surface area contributed by atoms with Gasteiger partial charge in [0.2, 0.25) is 0 Å². The monoisotopic (exact) mass is 405 g/mol. The number of carbonyl (C=O) groups is 1. The smallest absolute Gasteiger partial charge is 0.262 e. The number of para-hydroxylation sites is 1. The molecule has 0 bridgehead atoms. The molecule has 0 heterocycles. The molecule has 0 aromatic heterocycles. The lowest BCUT2D eigenvalue weighted by molar-refractivity contribution is -0.118. The summed E-state index contributed by atoms with van der Waals surface area (Å²) in [6.45, 7) is 1.85. The molecule has 0 spiro atoms. The second-order valence-corrected chi connectivity index (χ2v) is 6.82. The van der Waals surface area contributed by atoms with Crippen LogP contribution in [0.2, 0.25) is 5.02 Å². The number of carbonyl (C=O) groups excluding carboxylic acids is 1. The molecule has 0 radical (unpaired) electrons. The van der Waals surface area contributed by atoms with E-state index in [0.717, 1.165) is 11.3 Å². The first-order valence-electron chi connectivity index (χ1n) is 9.09. The molecule has 0 fully saturated rings. The van der Waals surface area contributed by atoms with Crippen LogP contribution in [0.3, 0.4) is 0 Å². The number of nitriles is 1. The first-order chi connectivity index (χ1) is 14.1. The van der Waals surface area contributed by atoms with Gasteiger partial charge in [0.1, 0.15) is 11.8 Å². The molecule has 3 aromatic rings. The molecule has 2 N–H and O–H groups in total. The van der Waals surface area contributed by atoms with Gasteiger partial charge in [-0.1, -0.05) is 54.1 Å². The Kier molecular flexibility index (Phi) is 6.72. The Bertz CT molecular complexity index is 1030. The third kappa shape index (κ3) is 5.50. The van der Waals surface area contributed by atoms with E-state index in [1.807, 2.05) is 42.5 Å². The number of rotatable bonds is 7. The molecule has 29 heavy (non-hydrogen) atoms. The lowest BCUT2D eigenvalue weighted by Gasteiger charge is -2.17. The van der Waals surface area contributed by atoms with Gasteiger partial charge in [0.05, 0.1) is 16.3 Å². The number of ether oxygens (including phenoxy) is 1. The molecule has 0 aliphatic rings. The van der Waals surface area contributed by atoms with Crippen molar-refractivity contribution in [2.45, 2.75) is 13.0 Å². The van der Waals surface area contributed by atoms with Crippen molar-refractivity contribution >= 4 is 28.9 Å². The molecule has 5 nitrogen and oxygen atoms in total. The van der Waals surface area contributed by atoms with Gasteiger partial charge in [0.25, 0.3) is 5.91 Å². The molecule has 0 aliphatic carbocycles. The van der Waals surface area contributed by atoms with Crippen molar-refractivity contribution in [1.29, 1.82) is 5.26 Å². The predicted molar refractivity (Wildman–Crippen MR) is 115 cm³/mol. The topological polar surface area (TPSA) is 74.2 Å². The summed E-state index contributed by atoms with van der Waals surface area (Å²) in [7, 11) is 0. The van der Waals surface area contributed by atoms with E-state index in [1.165, 1.54) is 0 Å². The van der Waals surface area contributed by atoms with Gasteiger partial charge in [-0.3, -0.25) is 4.79 Å². The quantitative estimate of drug-likeness (QED) is 0.551. The summed E-state index contributed by atoms with van der Waals surface area (Å²) in [6.07, 6.45) is 0. The Morgan fingerprint density at radius 1 is 1.10 bits per heavy atom. The van der Waals surface area contributed by atoms with Crippen molar-refractivity contribution < 1.29 is 9.53 Å². The number of nitrogens with one attached hydrogen (secondary N) is 2. The summed E-state index contributed by atoms with van der Waals surface area (Å²) in [6, 6.07) is 24.2. The largest absolute Gasteiger partial charge is 0.482 e. The molecule has 0 saturated carbocycles. The Morgan fingerprint density at radius 3 is 2.55 bits per heavy atom. The van der Waals surface area contributed by atoms with Crippen LogP contribution in [0.25, 0.3) is 0 Å². The molecule has 1 amide bonds.